The van der Waals surface area contributed by atoms with E-state index in [0.717, 1.165) is 5.52 Å². The summed E-state index contributed by atoms with van der Waals surface area (Å²) >= 11 is 3.76. The number of unbranched alkanes of at least 4 members (excludes halogenated alkanes) is 12. The van der Waals surface area contributed by atoms with Crippen molar-refractivity contribution >= 4 is 33.3 Å². The second kappa shape index (κ2) is 16.0. The minimum absolute atomic E-state index is 1.15. The Morgan fingerprint density at radius 3 is 2.07 bits per heavy atom. The lowest BCUT2D eigenvalue weighted by atomic mass is 10.1. The van der Waals surface area contributed by atoms with Crippen molar-refractivity contribution in [3.63, 3.8) is 0 Å². The molecule has 0 amide bonds. The lowest BCUT2D eigenvalue weighted by Gasteiger charge is -2.00. The summed E-state index contributed by atoms with van der Waals surface area (Å²) in [5, 5.41) is 0. The largest absolute Gasteiger partial charge is 0.230 e. The number of nitrogens with zero attached hydrogens (tertiary/aromatic N) is 1. The van der Waals surface area contributed by atoms with Crippen LogP contribution in [-0.4, -0.2) is 10.7 Å². The Morgan fingerprint density at radius 2 is 1.39 bits per heavy atom. The maximum atomic E-state index is 4.70. The molecule has 0 bridgehead atoms. The van der Waals surface area contributed by atoms with Gasteiger partial charge in [-0.2, -0.15) is 0 Å². The van der Waals surface area contributed by atoms with Gasteiger partial charge in [0.15, 0.2) is 4.34 Å². The molecule has 28 heavy (non-hydrogen) atoms. The zero-order valence-electron chi connectivity index (χ0n) is 17.8. The van der Waals surface area contributed by atoms with E-state index in [0.29, 0.717) is 0 Å². The lowest BCUT2D eigenvalue weighted by Crippen LogP contribution is -1.83. The number of thioether (sulfide) groups is 1. The molecule has 0 spiro atoms. The fourth-order valence-corrected chi connectivity index (χ4v) is 5.56. The third-order valence-corrected chi connectivity index (χ3v) is 7.42. The second-order valence-electron chi connectivity index (χ2n) is 7.73. The molecular formula is C25H39NS2. The number of para-hydroxylation sites is 1. The topological polar surface area (TPSA) is 12.9 Å². The Bertz CT molecular complexity index is 614. The maximum absolute atomic E-state index is 4.70. The number of benzene rings is 1. The molecule has 3 heteroatoms. The van der Waals surface area contributed by atoms with Gasteiger partial charge in [0.2, 0.25) is 0 Å². The Labute approximate surface area is 181 Å². The molecule has 0 saturated carbocycles. The molecular weight excluding hydrogens is 378 g/mol. The highest BCUT2D eigenvalue weighted by Crippen LogP contribution is 2.29. The van der Waals surface area contributed by atoms with Crippen LogP contribution in [0.15, 0.2) is 40.8 Å². The van der Waals surface area contributed by atoms with Crippen LogP contribution in [0.3, 0.4) is 0 Å². The third kappa shape index (κ3) is 10.7. The quantitative estimate of drug-likeness (QED) is 0.144. The van der Waals surface area contributed by atoms with E-state index in [1.54, 1.807) is 0 Å². The molecule has 0 aliphatic carbocycles. The van der Waals surface area contributed by atoms with Crippen LogP contribution in [0.25, 0.3) is 10.2 Å². The van der Waals surface area contributed by atoms with Gasteiger partial charge in [0, 0.05) is 5.75 Å². The Hall–Kier alpha value is -0.800. The summed E-state index contributed by atoms with van der Waals surface area (Å²) in [6.07, 6.45) is 24.1. The van der Waals surface area contributed by atoms with Gasteiger partial charge in [0.25, 0.3) is 0 Å². The van der Waals surface area contributed by atoms with E-state index in [1.807, 2.05) is 23.1 Å². The zero-order valence-corrected chi connectivity index (χ0v) is 19.5. The average Bonchev–Trinajstić information content (AvgIpc) is 3.13. The van der Waals surface area contributed by atoms with E-state index < -0.39 is 0 Å². The molecule has 1 aromatic heterocycles. The number of hydrogen-bond acceptors (Lipinski definition) is 3. The zero-order chi connectivity index (χ0) is 19.7. The Morgan fingerprint density at radius 1 is 0.786 bits per heavy atom. The number of hydrogen-bond donors (Lipinski definition) is 0. The molecule has 0 aliphatic heterocycles. The number of aromatic nitrogens is 1. The van der Waals surface area contributed by atoms with Crippen molar-refractivity contribution in [1.29, 1.82) is 0 Å². The van der Waals surface area contributed by atoms with Gasteiger partial charge in [0.1, 0.15) is 0 Å². The van der Waals surface area contributed by atoms with Crippen molar-refractivity contribution in [3.05, 3.63) is 36.4 Å². The fraction of sp³-hybridized carbons (Fsp3) is 0.640. The molecule has 0 atom stereocenters. The van der Waals surface area contributed by atoms with Gasteiger partial charge in [-0.05, 0) is 44.2 Å². The predicted octanol–water partition coefficient (Wildman–Crippen LogP) is 9.43. The number of fused-ring (bicyclic) bond motifs is 1. The first kappa shape index (κ1) is 23.5. The van der Waals surface area contributed by atoms with Gasteiger partial charge in [-0.25, -0.2) is 4.98 Å². The molecule has 0 N–H and O–H groups in total. The first-order chi connectivity index (χ1) is 13.9. The minimum atomic E-state index is 1.15. The summed E-state index contributed by atoms with van der Waals surface area (Å²) in [6.45, 7) is 2.29. The Kier molecular flexibility index (Phi) is 13.5. The van der Waals surface area contributed by atoms with Crippen LogP contribution in [-0.2, 0) is 0 Å². The summed E-state index contributed by atoms with van der Waals surface area (Å²) in [5.74, 6) is 1.21. The molecule has 0 aliphatic rings. The highest BCUT2D eigenvalue weighted by atomic mass is 32.2. The van der Waals surface area contributed by atoms with Crippen molar-refractivity contribution in [2.45, 2.75) is 101 Å². The maximum Gasteiger partial charge on any atom is 0.151 e. The van der Waals surface area contributed by atoms with Crippen LogP contribution < -0.4 is 0 Å². The molecule has 2 rings (SSSR count). The predicted molar refractivity (Wildman–Crippen MR) is 130 cm³/mol. The molecule has 0 fully saturated rings. The standard InChI is InChI=1S/C25H39NS2/c1-2-3-4-5-6-7-8-9-10-11-12-13-14-15-16-19-22-27-25-26-23-20-17-18-21-24(23)28-25/h9-10,17-18,20-21H,2-8,11-16,19,22H2,1H3/b10-9-. The van der Waals surface area contributed by atoms with Crippen LogP contribution in [0, 0.1) is 0 Å². The van der Waals surface area contributed by atoms with E-state index >= 15 is 0 Å². The van der Waals surface area contributed by atoms with Crippen LogP contribution in [0.4, 0.5) is 0 Å². The molecule has 0 radical (unpaired) electrons. The van der Waals surface area contributed by atoms with Crippen molar-refractivity contribution in [2.24, 2.45) is 0 Å². The second-order valence-corrected chi connectivity index (χ2v) is 10.1. The third-order valence-electron chi connectivity index (χ3n) is 5.16. The molecule has 2 aromatic rings. The van der Waals surface area contributed by atoms with Gasteiger partial charge >= 0.3 is 0 Å². The van der Waals surface area contributed by atoms with Gasteiger partial charge in [0.05, 0.1) is 10.2 Å². The van der Waals surface area contributed by atoms with Crippen molar-refractivity contribution in [3.8, 4) is 0 Å². The summed E-state index contributed by atoms with van der Waals surface area (Å²) in [4.78, 5) is 4.70. The van der Waals surface area contributed by atoms with Crippen molar-refractivity contribution in [2.75, 3.05) is 5.75 Å². The van der Waals surface area contributed by atoms with Gasteiger partial charge in [-0.3, -0.25) is 0 Å². The van der Waals surface area contributed by atoms with Crippen LogP contribution in [0.2, 0.25) is 0 Å². The van der Waals surface area contributed by atoms with Gasteiger partial charge < -0.3 is 0 Å². The van der Waals surface area contributed by atoms with E-state index in [4.69, 9.17) is 4.98 Å². The van der Waals surface area contributed by atoms with Gasteiger partial charge in [-0.1, -0.05) is 101 Å². The lowest BCUT2D eigenvalue weighted by molar-refractivity contribution is 0.607. The Balaban J connectivity index is 1.34. The smallest absolute Gasteiger partial charge is 0.151 e. The highest BCUT2D eigenvalue weighted by molar-refractivity contribution is 8.01. The van der Waals surface area contributed by atoms with E-state index in [2.05, 4.69) is 43.3 Å². The highest BCUT2D eigenvalue weighted by Gasteiger charge is 2.03. The normalized spacial score (nSPS) is 11.8. The van der Waals surface area contributed by atoms with Crippen molar-refractivity contribution in [1.82, 2.24) is 4.98 Å². The summed E-state index contributed by atoms with van der Waals surface area (Å²) in [5.41, 5.74) is 1.15. The van der Waals surface area contributed by atoms with Crippen LogP contribution in [0.1, 0.15) is 96.8 Å². The first-order valence-electron chi connectivity index (χ1n) is 11.5. The number of rotatable bonds is 17. The van der Waals surface area contributed by atoms with E-state index in [-0.39, 0.29) is 0 Å². The monoisotopic (exact) mass is 417 g/mol. The molecule has 0 unspecified atom stereocenters. The first-order valence-corrected chi connectivity index (χ1v) is 13.3. The SMILES string of the molecule is CCCCCCCC/C=C\CCCCCCCCSc1nc2ccccc2s1. The van der Waals surface area contributed by atoms with Crippen LogP contribution in [0.5, 0.6) is 0 Å². The summed E-state index contributed by atoms with van der Waals surface area (Å²) < 4.78 is 2.54. The molecule has 156 valence electrons. The van der Waals surface area contributed by atoms with E-state index in [9.17, 15) is 0 Å². The van der Waals surface area contributed by atoms with E-state index in [1.165, 1.54) is 105 Å². The molecule has 1 heterocycles. The number of allylic oxidation sites excluding steroid dienone is 2. The molecule has 0 saturated heterocycles. The average molecular weight is 418 g/mol. The van der Waals surface area contributed by atoms with Crippen molar-refractivity contribution < 1.29 is 0 Å². The number of thiazole rings is 1. The summed E-state index contributed by atoms with van der Waals surface area (Å²) in [6, 6.07) is 8.45. The van der Waals surface area contributed by atoms with Crippen LogP contribution >= 0.6 is 23.1 Å². The molecule has 1 aromatic carbocycles. The fourth-order valence-electron chi connectivity index (χ4n) is 3.42. The summed E-state index contributed by atoms with van der Waals surface area (Å²) in [7, 11) is 0. The minimum Gasteiger partial charge on any atom is -0.230 e. The van der Waals surface area contributed by atoms with Gasteiger partial charge in [-0.15, -0.1) is 11.3 Å². The molecule has 1 nitrogen and oxygen atoms in total.